The fraction of sp³-hybridized carbons (Fsp3) is 0.571. The van der Waals surface area contributed by atoms with Gasteiger partial charge in [-0.2, -0.15) is 11.8 Å². The third-order valence-corrected chi connectivity index (χ3v) is 5.56. The number of aryl methyl sites for hydroxylation is 2. The Morgan fingerprint density at radius 2 is 2.29 bits per heavy atom. The number of methoxy groups -OCH3 is 1. The van der Waals surface area contributed by atoms with Crippen molar-refractivity contribution in [1.29, 1.82) is 0 Å². The molecular weight excluding hydrogens is 296 g/mol. The van der Waals surface area contributed by atoms with Crippen molar-refractivity contribution in [1.82, 2.24) is 0 Å². The number of fused-ring (bicyclic) bond motifs is 1. The normalized spacial score (nSPS) is 18.9. The smallest absolute Gasteiger partial charge is 0.126 e. The van der Waals surface area contributed by atoms with Gasteiger partial charge in [-0.05, 0) is 29.7 Å². The molecule has 0 aliphatic carbocycles. The van der Waals surface area contributed by atoms with Crippen molar-refractivity contribution in [3.63, 3.8) is 0 Å². The Hall–Kier alpha value is -0.150. The van der Waals surface area contributed by atoms with E-state index < -0.39 is 0 Å². The van der Waals surface area contributed by atoms with Crippen LogP contribution in [0.2, 0.25) is 0 Å². The van der Waals surface area contributed by atoms with Gasteiger partial charge in [0.1, 0.15) is 5.75 Å². The Morgan fingerprint density at radius 1 is 1.47 bits per heavy atom. The molecule has 0 N–H and O–H groups in total. The van der Waals surface area contributed by atoms with Gasteiger partial charge in [-0.25, -0.2) is 0 Å². The van der Waals surface area contributed by atoms with Gasteiger partial charge in [-0.1, -0.05) is 41.4 Å². The summed E-state index contributed by atoms with van der Waals surface area (Å²) in [5.41, 5.74) is 4.28. The van der Waals surface area contributed by atoms with Crippen LogP contribution in [0.1, 0.15) is 35.3 Å². The van der Waals surface area contributed by atoms with E-state index >= 15 is 0 Å². The maximum absolute atomic E-state index is 5.69. The fourth-order valence-corrected chi connectivity index (χ4v) is 4.50. The minimum absolute atomic E-state index is 0.547. The molecule has 0 spiro atoms. The summed E-state index contributed by atoms with van der Waals surface area (Å²) in [5, 5.41) is 1.56. The highest BCUT2D eigenvalue weighted by Gasteiger charge is 2.25. The summed E-state index contributed by atoms with van der Waals surface area (Å²) in [6.07, 6.45) is 3.45. The van der Waals surface area contributed by atoms with Gasteiger partial charge in [-0.3, -0.25) is 0 Å². The standard InChI is InChI=1S/C14H19BrOS/c1-3-4-11-6-5-10-7-8-17-12(9-15)13(10)14(11)16-2/h5-6,12H,3-4,7-9H2,1-2H3. The quantitative estimate of drug-likeness (QED) is 0.763. The molecule has 3 heteroatoms. The molecule has 1 nitrogen and oxygen atoms in total. The Balaban J connectivity index is 2.48. The second kappa shape index (κ2) is 6.14. The lowest BCUT2D eigenvalue weighted by atomic mass is 9.95. The molecule has 1 atom stereocenters. The number of rotatable bonds is 4. The zero-order valence-electron chi connectivity index (χ0n) is 10.5. The van der Waals surface area contributed by atoms with E-state index in [1.807, 2.05) is 11.8 Å². The van der Waals surface area contributed by atoms with Crippen LogP contribution in [-0.4, -0.2) is 18.2 Å². The molecule has 94 valence electrons. The topological polar surface area (TPSA) is 9.23 Å². The van der Waals surface area contributed by atoms with Gasteiger partial charge in [-0.15, -0.1) is 0 Å². The molecule has 1 aliphatic heterocycles. The average molecular weight is 315 g/mol. The number of alkyl halides is 1. The van der Waals surface area contributed by atoms with Gasteiger partial charge in [0.15, 0.2) is 0 Å². The van der Waals surface area contributed by atoms with Gasteiger partial charge in [0.25, 0.3) is 0 Å². The first kappa shape index (κ1) is 13.3. The van der Waals surface area contributed by atoms with E-state index in [-0.39, 0.29) is 0 Å². The van der Waals surface area contributed by atoms with Crippen LogP contribution in [-0.2, 0) is 12.8 Å². The molecule has 1 aromatic carbocycles. The van der Waals surface area contributed by atoms with Gasteiger partial charge in [0.05, 0.1) is 7.11 Å². The summed E-state index contributed by atoms with van der Waals surface area (Å²) in [5.74, 6) is 2.36. The van der Waals surface area contributed by atoms with E-state index in [0.717, 1.165) is 17.5 Å². The van der Waals surface area contributed by atoms with Crippen LogP contribution in [0.25, 0.3) is 0 Å². The third-order valence-electron chi connectivity index (χ3n) is 3.24. The Kier molecular flexibility index (Phi) is 4.80. The zero-order valence-corrected chi connectivity index (χ0v) is 12.9. The fourth-order valence-electron chi connectivity index (χ4n) is 2.48. The van der Waals surface area contributed by atoms with Gasteiger partial charge >= 0.3 is 0 Å². The molecular formula is C14H19BrOS. The highest BCUT2D eigenvalue weighted by Crippen LogP contribution is 2.44. The molecule has 0 saturated heterocycles. The Morgan fingerprint density at radius 3 is 2.94 bits per heavy atom. The lowest BCUT2D eigenvalue weighted by molar-refractivity contribution is 0.403. The zero-order chi connectivity index (χ0) is 12.3. The lowest BCUT2D eigenvalue weighted by Gasteiger charge is -2.27. The molecule has 0 fully saturated rings. The van der Waals surface area contributed by atoms with Crippen molar-refractivity contribution in [3.05, 3.63) is 28.8 Å². The summed E-state index contributed by atoms with van der Waals surface area (Å²) >= 11 is 5.67. The van der Waals surface area contributed by atoms with Crippen molar-refractivity contribution >= 4 is 27.7 Å². The van der Waals surface area contributed by atoms with Gasteiger partial charge < -0.3 is 4.74 Å². The second-order valence-corrected chi connectivity index (χ2v) is 6.30. The van der Waals surface area contributed by atoms with Crippen LogP contribution in [0, 0.1) is 0 Å². The van der Waals surface area contributed by atoms with Gasteiger partial charge in [0, 0.05) is 16.1 Å². The SMILES string of the molecule is CCCc1ccc2c(c1OC)C(CBr)SCC2. The van der Waals surface area contributed by atoms with E-state index in [2.05, 4.69) is 35.0 Å². The van der Waals surface area contributed by atoms with Crippen LogP contribution in [0.5, 0.6) is 5.75 Å². The second-order valence-electron chi connectivity index (χ2n) is 4.34. The minimum atomic E-state index is 0.547. The van der Waals surface area contributed by atoms with Crippen molar-refractivity contribution in [2.75, 3.05) is 18.2 Å². The number of halogens is 1. The maximum Gasteiger partial charge on any atom is 0.126 e. The highest BCUT2D eigenvalue weighted by atomic mass is 79.9. The van der Waals surface area contributed by atoms with E-state index in [9.17, 15) is 0 Å². The van der Waals surface area contributed by atoms with E-state index in [4.69, 9.17) is 4.74 Å². The average Bonchev–Trinajstić information content (AvgIpc) is 2.38. The van der Waals surface area contributed by atoms with Crippen molar-refractivity contribution < 1.29 is 4.74 Å². The van der Waals surface area contributed by atoms with Crippen LogP contribution < -0.4 is 4.74 Å². The van der Waals surface area contributed by atoms with Gasteiger partial charge in [0.2, 0.25) is 0 Å². The first-order chi connectivity index (χ1) is 8.31. The molecule has 0 aromatic heterocycles. The van der Waals surface area contributed by atoms with E-state index in [0.29, 0.717) is 5.25 Å². The monoisotopic (exact) mass is 314 g/mol. The molecule has 2 rings (SSSR count). The Bertz CT molecular complexity index is 392. The molecule has 0 bridgehead atoms. The molecule has 1 aromatic rings. The van der Waals surface area contributed by atoms with E-state index in [1.165, 1.54) is 35.3 Å². The number of hydrogen-bond acceptors (Lipinski definition) is 2. The number of benzene rings is 1. The summed E-state index contributed by atoms with van der Waals surface area (Å²) in [6.45, 7) is 2.22. The molecule has 0 saturated carbocycles. The maximum atomic E-state index is 5.69. The van der Waals surface area contributed by atoms with Crippen LogP contribution >= 0.6 is 27.7 Å². The minimum Gasteiger partial charge on any atom is -0.496 e. The van der Waals surface area contributed by atoms with Crippen molar-refractivity contribution in [3.8, 4) is 5.75 Å². The number of ether oxygens (including phenoxy) is 1. The summed E-state index contributed by atoms with van der Waals surface area (Å²) in [6, 6.07) is 4.56. The number of hydrogen-bond donors (Lipinski definition) is 0. The molecule has 17 heavy (non-hydrogen) atoms. The first-order valence-corrected chi connectivity index (χ1v) is 8.35. The van der Waals surface area contributed by atoms with Crippen LogP contribution in [0.4, 0.5) is 0 Å². The highest BCUT2D eigenvalue weighted by molar-refractivity contribution is 9.09. The lowest BCUT2D eigenvalue weighted by Crippen LogP contribution is -2.12. The molecule has 1 unspecified atom stereocenters. The summed E-state index contributed by atoms with van der Waals surface area (Å²) in [4.78, 5) is 0. The Labute approximate surface area is 116 Å². The first-order valence-electron chi connectivity index (χ1n) is 6.18. The molecule has 0 amide bonds. The predicted molar refractivity (Wildman–Crippen MR) is 79.7 cm³/mol. The summed E-state index contributed by atoms with van der Waals surface area (Å²) in [7, 11) is 1.80. The molecule has 1 aliphatic rings. The largest absolute Gasteiger partial charge is 0.496 e. The van der Waals surface area contributed by atoms with Crippen LogP contribution in [0.3, 0.4) is 0 Å². The third kappa shape index (κ3) is 2.65. The number of thioether (sulfide) groups is 1. The van der Waals surface area contributed by atoms with Crippen LogP contribution in [0.15, 0.2) is 12.1 Å². The molecule has 1 heterocycles. The van der Waals surface area contributed by atoms with Crippen molar-refractivity contribution in [2.24, 2.45) is 0 Å². The predicted octanol–water partition coefficient (Wildman–Crippen LogP) is 4.37. The van der Waals surface area contributed by atoms with E-state index in [1.54, 1.807) is 7.11 Å². The summed E-state index contributed by atoms with van der Waals surface area (Å²) < 4.78 is 5.69. The van der Waals surface area contributed by atoms with Crippen molar-refractivity contribution in [2.45, 2.75) is 31.4 Å². The molecule has 0 radical (unpaired) electrons.